The maximum absolute atomic E-state index is 11.6. The van der Waals surface area contributed by atoms with Crippen molar-refractivity contribution >= 4 is 5.97 Å². The second-order valence-electron chi connectivity index (χ2n) is 5.76. The lowest BCUT2D eigenvalue weighted by atomic mass is 9.79. The summed E-state index contributed by atoms with van der Waals surface area (Å²) < 4.78 is 4.81. The fraction of sp³-hybridized carbons (Fsp3) is 0.923. The number of methoxy groups -OCH3 is 1. The van der Waals surface area contributed by atoms with Gasteiger partial charge < -0.3 is 4.74 Å². The molecule has 1 fully saturated rings. The molecule has 1 aliphatic carbocycles. The van der Waals surface area contributed by atoms with Gasteiger partial charge in [-0.2, -0.15) is 0 Å². The van der Waals surface area contributed by atoms with E-state index in [1.165, 1.54) is 20.0 Å². The summed E-state index contributed by atoms with van der Waals surface area (Å²) in [5, 5.41) is 3.44. The summed E-state index contributed by atoms with van der Waals surface area (Å²) in [6.07, 6.45) is 3.65. The largest absolute Gasteiger partial charge is 0.468 e. The van der Waals surface area contributed by atoms with Crippen LogP contribution in [0.3, 0.4) is 0 Å². The molecule has 0 spiro atoms. The zero-order valence-electron chi connectivity index (χ0n) is 11.2. The number of rotatable bonds is 3. The molecule has 1 rings (SSSR count). The fourth-order valence-electron chi connectivity index (χ4n) is 2.66. The molecule has 0 aromatic heterocycles. The first-order valence-electron chi connectivity index (χ1n) is 6.23. The van der Waals surface area contributed by atoms with Crippen LogP contribution in [-0.4, -0.2) is 24.7 Å². The lowest BCUT2D eigenvalue weighted by molar-refractivity contribution is -0.147. The van der Waals surface area contributed by atoms with Crippen LogP contribution in [0.2, 0.25) is 0 Å². The molecule has 0 radical (unpaired) electrons. The Morgan fingerprint density at radius 2 is 1.94 bits per heavy atom. The first-order chi connectivity index (χ1) is 7.36. The molecule has 3 nitrogen and oxygen atoms in total. The summed E-state index contributed by atoms with van der Waals surface area (Å²) in [6, 6.07) is 0.435. The zero-order chi connectivity index (χ0) is 12.3. The molecule has 1 aliphatic rings. The van der Waals surface area contributed by atoms with E-state index >= 15 is 0 Å². The van der Waals surface area contributed by atoms with Gasteiger partial charge in [0.25, 0.3) is 0 Å². The van der Waals surface area contributed by atoms with Crippen LogP contribution in [0.25, 0.3) is 0 Å². The normalized spacial score (nSPS) is 31.2. The van der Waals surface area contributed by atoms with Gasteiger partial charge in [-0.05, 0) is 44.9 Å². The molecular formula is C13H25NO2. The molecule has 0 bridgehead atoms. The molecule has 1 saturated carbocycles. The van der Waals surface area contributed by atoms with Gasteiger partial charge in [-0.15, -0.1) is 0 Å². The number of carbonyl (C=O) groups excluding carboxylic acids is 1. The summed E-state index contributed by atoms with van der Waals surface area (Å²) >= 11 is 0. The Balaban J connectivity index is 2.56. The van der Waals surface area contributed by atoms with Crippen LogP contribution in [0.15, 0.2) is 0 Å². The minimum absolute atomic E-state index is 0.182. The monoisotopic (exact) mass is 227 g/mol. The van der Waals surface area contributed by atoms with E-state index in [2.05, 4.69) is 19.2 Å². The van der Waals surface area contributed by atoms with Crippen molar-refractivity contribution in [1.82, 2.24) is 5.32 Å². The van der Waals surface area contributed by atoms with Gasteiger partial charge in [0.2, 0.25) is 0 Å². The van der Waals surface area contributed by atoms with Crippen molar-refractivity contribution in [3.8, 4) is 0 Å². The average Bonchev–Trinajstić information content (AvgIpc) is 2.21. The van der Waals surface area contributed by atoms with Crippen molar-refractivity contribution in [3.05, 3.63) is 0 Å². The number of carbonyl (C=O) groups is 1. The summed E-state index contributed by atoms with van der Waals surface area (Å²) in [6.45, 7) is 8.35. The standard InChI is InChI=1S/C13H25NO2/c1-9-6-7-11(10(2)8-9)14-13(3,4)12(15)16-5/h9-11,14H,6-8H2,1-5H3. The number of hydrogen-bond acceptors (Lipinski definition) is 3. The van der Waals surface area contributed by atoms with E-state index in [0.717, 1.165) is 12.3 Å². The minimum atomic E-state index is -0.575. The minimum Gasteiger partial charge on any atom is -0.468 e. The van der Waals surface area contributed by atoms with Crippen molar-refractivity contribution < 1.29 is 9.53 Å². The van der Waals surface area contributed by atoms with Gasteiger partial charge in [0.15, 0.2) is 0 Å². The summed E-state index contributed by atoms with van der Waals surface area (Å²) in [5.74, 6) is 1.26. The Hall–Kier alpha value is -0.570. The van der Waals surface area contributed by atoms with Gasteiger partial charge >= 0.3 is 5.97 Å². The van der Waals surface area contributed by atoms with E-state index in [0.29, 0.717) is 12.0 Å². The Labute approximate surface area is 98.9 Å². The van der Waals surface area contributed by atoms with Gasteiger partial charge in [-0.25, -0.2) is 0 Å². The third-order valence-electron chi connectivity index (χ3n) is 3.67. The third kappa shape index (κ3) is 3.21. The molecular weight excluding hydrogens is 202 g/mol. The fourth-order valence-corrected chi connectivity index (χ4v) is 2.66. The SMILES string of the molecule is COC(=O)C(C)(C)NC1CCC(C)CC1C. The predicted octanol–water partition coefficient (Wildman–Crippen LogP) is 2.35. The van der Waals surface area contributed by atoms with Crippen LogP contribution in [0.5, 0.6) is 0 Å². The Kier molecular flexibility index (Phi) is 4.36. The molecule has 3 atom stereocenters. The van der Waals surface area contributed by atoms with Crippen LogP contribution < -0.4 is 5.32 Å². The van der Waals surface area contributed by atoms with Crippen LogP contribution >= 0.6 is 0 Å². The van der Waals surface area contributed by atoms with Crippen LogP contribution in [0, 0.1) is 11.8 Å². The molecule has 16 heavy (non-hydrogen) atoms. The van der Waals surface area contributed by atoms with Crippen LogP contribution in [-0.2, 0) is 9.53 Å². The molecule has 0 aromatic rings. The average molecular weight is 227 g/mol. The van der Waals surface area contributed by atoms with E-state index in [4.69, 9.17) is 4.74 Å². The Morgan fingerprint density at radius 1 is 1.31 bits per heavy atom. The molecule has 0 saturated heterocycles. The van der Waals surface area contributed by atoms with Crippen LogP contribution in [0.1, 0.15) is 47.0 Å². The van der Waals surface area contributed by atoms with E-state index in [-0.39, 0.29) is 5.97 Å². The highest BCUT2D eigenvalue weighted by Crippen LogP contribution is 2.29. The number of nitrogens with one attached hydrogen (secondary N) is 1. The van der Waals surface area contributed by atoms with Gasteiger partial charge in [0.05, 0.1) is 7.11 Å². The maximum atomic E-state index is 11.6. The van der Waals surface area contributed by atoms with Crippen molar-refractivity contribution in [3.63, 3.8) is 0 Å². The predicted molar refractivity (Wildman–Crippen MR) is 65.2 cm³/mol. The van der Waals surface area contributed by atoms with Crippen molar-refractivity contribution in [2.24, 2.45) is 11.8 Å². The molecule has 0 aromatic carbocycles. The Bertz CT molecular complexity index is 250. The van der Waals surface area contributed by atoms with E-state index in [1.807, 2.05) is 13.8 Å². The summed E-state index contributed by atoms with van der Waals surface area (Å²) in [5.41, 5.74) is -0.575. The second kappa shape index (κ2) is 5.17. The van der Waals surface area contributed by atoms with Crippen molar-refractivity contribution in [2.75, 3.05) is 7.11 Å². The number of esters is 1. The third-order valence-corrected chi connectivity index (χ3v) is 3.67. The lowest BCUT2D eigenvalue weighted by Crippen LogP contribution is -2.55. The van der Waals surface area contributed by atoms with E-state index < -0.39 is 5.54 Å². The Morgan fingerprint density at radius 3 is 2.44 bits per heavy atom. The van der Waals surface area contributed by atoms with E-state index in [1.54, 1.807) is 0 Å². The first kappa shape index (κ1) is 13.5. The van der Waals surface area contributed by atoms with Crippen molar-refractivity contribution in [1.29, 1.82) is 0 Å². The highest BCUT2D eigenvalue weighted by molar-refractivity contribution is 5.79. The number of ether oxygens (including phenoxy) is 1. The first-order valence-corrected chi connectivity index (χ1v) is 6.23. The van der Waals surface area contributed by atoms with Crippen molar-refractivity contribution in [2.45, 2.75) is 58.5 Å². The molecule has 3 heteroatoms. The molecule has 0 amide bonds. The molecule has 3 unspecified atom stereocenters. The molecule has 94 valence electrons. The van der Waals surface area contributed by atoms with Gasteiger partial charge in [-0.1, -0.05) is 13.8 Å². The van der Waals surface area contributed by atoms with E-state index in [9.17, 15) is 4.79 Å². The van der Waals surface area contributed by atoms with Gasteiger partial charge in [0.1, 0.15) is 5.54 Å². The topological polar surface area (TPSA) is 38.3 Å². The molecule has 0 aliphatic heterocycles. The van der Waals surface area contributed by atoms with Gasteiger partial charge in [-0.3, -0.25) is 10.1 Å². The number of hydrogen-bond donors (Lipinski definition) is 1. The highest BCUT2D eigenvalue weighted by Gasteiger charge is 2.34. The quantitative estimate of drug-likeness (QED) is 0.752. The smallest absolute Gasteiger partial charge is 0.325 e. The molecule has 0 heterocycles. The van der Waals surface area contributed by atoms with Crippen LogP contribution in [0.4, 0.5) is 0 Å². The second-order valence-corrected chi connectivity index (χ2v) is 5.76. The highest BCUT2D eigenvalue weighted by atomic mass is 16.5. The van der Waals surface area contributed by atoms with Gasteiger partial charge in [0, 0.05) is 6.04 Å². The summed E-state index contributed by atoms with van der Waals surface area (Å²) in [7, 11) is 1.44. The zero-order valence-corrected chi connectivity index (χ0v) is 11.2. The molecule has 1 N–H and O–H groups in total. The maximum Gasteiger partial charge on any atom is 0.325 e. The lowest BCUT2D eigenvalue weighted by Gasteiger charge is -2.38. The summed E-state index contributed by atoms with van der Waals surface area (Å²) in [4.78, 5) is 11.6.